The highest BCUT2D eigenvalue weighted by molar-refractivity contribution is 5.77. The van der Waals surface area contributed by atoms with Crippen LogP contribution in [0.3, 0.4) is 0 Å². The van der Waals surface area contributed by atoms with E-state index in [1.807, 2.05) is 26.2 Å². The van der Waals surface area contributed by atoms with E-state index in [1.165, 1.54) is 32.1 Å². The van der Waals surface area contributed by atoms with Gasteiger partial charge in [-0.05, 0) is 32.1 Å². The van der Waals surface area contributed by atoms with Crippen LogP contribution in [0.4, 0.5) is 0 Å². The number of likely N-dealkylation sites (N-methyl/N-ethyl adjacent to an activating group) is 1. The molecule has 0 unspecified atom stereocenters. The molecule has 0 radical (unpaired) electrons. The molecule has 142 valence electrons. The molecule has 1 heterocycles. The zero-order valence-corrected chi connectivity index (χ0v) is 16.1. The fraction of sp³-hybridized carbons (Fsp3) is 0.684. The van der Waals surface area contributed by atoms with Gasteiger partial charge in [-0.15, -0.1) is 0 Å². The predicted octanol–water partition coefficient (Wildman–Crippen LogP) is 2.79. The number of unbranched alkanes of at least 4 members (excludes halogenated alkanes) is 5. The van der Waals surface area contributed by atoms with Gasteiger partial charge in [0.25, 0.3) is 0 Å². The summed E-state index contributed by atoms with van der Waals surface area (Å²) in [4.78, 5) is 10.7. The van der Waals surface area contributed by atoms with E-state index in [9.17, 15) is 0 Å². The molecule has 0 saturated carbocycles. The third-order valence-electron chi connectivity index (χ3n) is 3.86. The maximum Gasteiger partial charge on any atom is 0.213 e. The summed E-state index contributed by atoms with van der Waals surface area (Å²) in [6.07, 6.45) is 9.40. The first-order chi connectivity index (χ1) is 12.1. The third-order valence-corrected chi connectivity index (χ3v) is 3.86. The van der Waals surface area contributed by atoms with Gasteiger partial charge in [0.2, 0.25) is 5.88 Å². The zero-order chi connectivity index (χ0) is 18.3. The second-order valence-corrected chi connectivity index (χ2v) is 6.55. The van der Waals surface area contributed by atoms with E-state index in [2.05, 4.69) is 27.1 Å². The SMILES string of the molecule is CCCCCCCCNC(N)=NCc1ccnc(OCCN(C)C)c1. The van der Waals surface area contributed by atoms with Crippen LogP contribution in [0.25, 0.3) is 0 Å². The van der Waals surface area contributed by atoms with Crippen molar-refractivity contribution in [1.29, 1.82) is 0 Å². The van der Waals surface area contributed by atoms with Gasteiger partial charge < -0.3 is 20.7 Å². The molecule has 0 aliphatic carbocycles. The Morgan fingerprint density at radius 3 is 2.76 bits per heavy atom. The summed E-state index contributed by atoms with van der Waals surface area (Å²) in [5, 5.41) is 3.18. The smallest absolute Gasteiger partial charge is 0.213 e. The molecule has 6 nitrogen and oxygen atoms in total. The first kappa shape index (κ1) is 21.2. The van der Waals surface area contributed by atoms with Crippen molar-refractivity contribution in [3.63, 3.8) is 0 Å². The molecule has 0 aromatic carbocycles. The lowest BCUT2D eigenvalue weighted by Gasteiger charge is -2.10. The van der Waals surface area contributed by atoms with Gasteiger partial charge in [0.15, 0.2) is 5.96 Å². The highest BCUT2D eigenvalue weighted by Gasteiger charge is 2.00. The van der Waals surface area contributed by atoms with Gasteiger partial charge in [-0.2, -0.15) is 0 Å². The van der Waals surface area contributed by atoms with Gasteiger partial charge in [-0.3, -0.25) is 0 Å². The number of nitrogens with one attached hydrogen (secondary N) is 1. The first-order valence-corrected chi connectivity index (χ1v) is 9.38. The average molecular weight is 350 g/mol. The van der Waals surface area contributed by atoms with Crippen molar-refractivity contribution in [2.24, 2.45) is 10.7 Å². The van der Waals surface area contributed by atoms with Crippen molar-refractivity contribution < 1.29 is 4.74 Å². The normalized spacial score (nSPS) is 11.8. The summed E-state index contributed by atoms with van der Waals surface area (Å²) in [6, 6.07) is 3.85. The summed E-state index contributed by atoms with van der Waals surface area (Å²) < 4.78 is 5.64. The number of guanidine groups is 1. The van der Waals surface area contributed by atoms with Gasteiger partial charge in [-0.25, -0.2) is 9.98 Å². The Balaban J connectivity index is 2.24. The molecule has 0 aliphatic heterocycles. The number of aromatic nitrogens is 1. The van der Waals surface area contributed by atoms with Crippen molar-refractivity contribution in [1.82, 2.24) is 15.2 Å². The third kappa shape index (κ3) is 11.4. The molecule has 0 saturated heterocycles. The van der Waals surface area contributed by atoms with Gasteiger partial charge in [-0.1, -0.05) is 39.0 Å². The quantitative estimate of drug-likeness (QED) is 0.325. The van der Waals surface area contributed by atoms with E-state index < -0.39 is 0 Å². The van der Waals surface area contributed by atoms with Crippen molar-refractivity contribution in [3.05, 3.63) is 23.9 Å². The van der Waals surface area contributed by atoms with E-state index in [0.717, 1.165) is 25.1 Å². The van der Waals surface area contributed by atoms with Crippen LogP contribution >= 0.6 is 0 Å². The summed E-state index contributed by atoms with van der Waals surface area (Å²) >= 11 is 0. The lowest BCUT2D eigenvalue weighted by molar-refractivity contribution is 0.253. The van der Waals surface area contributed by atoms with E-state index in [-0.39, 0.29) is 0 Å². The van der Waals surface area contributed by atoms with Crippen LogP contribution < -0.4 is 15.8 Å². The predicted molar refractivity (Wildman–Crippen MR) is 105 cm³/mol. The molecule has 0 bridgehead atoms. The number of rotatable bonds is 13. The van der Waals surface area contributed by atoms with Gasteiger partial charge in [0.1, 0.15) is 6.61 Å². The Labute approximate surface area is 152 Å². The molecular formula is C19H35N5O. The fourth-order valence-electron chi connectivity index (χ4n) is 2.31. The summed E-state index contributed by atoms with van der Waals surface area (Å²) in [5.41, 5.74) is 6.96. The van der Waals surface area contributed by atoms with E-state index in [4.69, 9.17) is 10.5 Å². The van der Waals surface area contributed by atoms with Crippen LogP contribution in [0.5, 0.6) is 5.88 Å². The molecule has 0 amide bonds. The Hall–Kier alpha value is -1.82. The molecule has 0 spiro atoms. The van der Waals surface area contributed by atoms with Crippen LogP contribution in [0.2, 0.25) is 0 Å². The van der Waals surface area contributed by atoms with E-state index in [0.29, 0.717) is 25.0 Å². The number of ether oxygens (including phenoxy) is 1. The van der Waals surface area contributed by atoms with Crippen LogP contribution in [-0.4, -0.2) is 49.6 Å². The maximum absolute atomic E-state index is 5.92. The minimum Gasteiger partial charge on any atom is -0.476 e. The minimum absolute atomic E-state index is 0.500. The van der Waals surface area contributed by atoms with Crippen molar-refractivity contribution in [3.8, 4) is 5.88 Å². The Bertz CT molecular complexity index is 490. The largest absolute Gasteiger partial charge is 0.476 e. The van der Waals surface area contributed by atoms with Crippen LogP contribution in [0.1, 0.15) is 51.0 Å². The molecular weight excluding hydrogens is 314 g/mol. The monoisotopic (exact) mass is 349 g/mol. The van der Waals surface area contributed by atoms with Gasteiger partial charge >= 0.3 is 0 Å². The minimum atomic E-state index is 0.500. The highest BCUT2D eigenvalue weighted by Crippen LogP contribution is 2.10. The lowest BCUT2D eigenvalue weighted by Crippen LogP contribution is -2.32. The fourth-order valence-corrected chi connectivity index (χ4v) is 2.31. The number of pyridine rings is 1. The molecule has 1 aromatic heterocycles. The van der Waals surface area contributed by atoms with Gasteiger partial charge in [0, 0.05) is 25.4 Å². The molecule has 6 heteroatoms. The summed E-state index contributed by atoms with van der Waals surface area (Å²) in [6.45, 7) is 5.13. The van der Waals surface area contributed by atoms with Crippen molar-refractivity contribution in [2.45, 2.75) is 52.0 Å². The Morgan fingerprint density at radius 2 is 2.00 bits per heavy atom. The molecule has 25 heavy (non-hydrogen) atoms. The maximum atomic E-state index is 5.92. The second-order valence-electron chi connectivity index (χ2n) is 6.55. The summed E-state index contributed by atoms with van der Waals surface area (Å²) in [7, 11) is 4.03. The molecule has 0 atom stereocenters. The standard InChI is InChI=1S/C19H35N5O/c1-4-5-6-7-8-9-11-22-19(20)23-16-17-10-12-21-18(15-17)25-14-13-24(2)3/h10,12,15H,4-9,11,13-14,16H2,1-3H3,(H3,20,22,23). The number of hydrogen-bond acceptors (Lipinski definition) is 4. The van der Waals surface area contributed by atoms with E-state index in [1.54, 1.807) is 6.20 Å². The molecule has 3 N–H and O–H groups in total. The average Bonchev–Trinajstić information content (AvgIpc) is 2.59. The number of nitrogens with zero attached hydrogens (tertiary/aromatic N) is 3. The number of hydrogen-bond donors (Lipinski definition) is 2. The zero-order valence-electron chi connectivity index (χ0n) is 16.1. The summed E-state index contributed by atoms with van der Waals surface area (Å²) in [5.74, 6) is 1.13. The number of nitrogens with two attached hydrogens (primary N) is 1. The van der Waals surface area contributed by atoms with Crippen LogP contribution in [0, 0.1) is 0 Å². The van der Waals surface area contributed by atoms with Gasteiger partial charge in [0.05, 0.1) is 6.54 Å². The van der Waals surface area contributed by atoms with Crippen LogP contribution in [-0.2, 0) is 6.54 Å². The Morgan fingerprint density at radius 1 is 1.24 bits per heavy atom. The molecule has 0 fully saturated rings. The van der Waals surface area contributed by atoms with Crippen molar-refractivity contribution >= 4 is 5.96 Å². The molecule has 1 aromatic rings. The highest BCUT2D eigenvalue weighted by atomic mass is 16.5. The molecule has 1 rings (SSSR count). The van der Waals surface area contributed by atoms with Crippen LogP contribution in [0.15, 0.2) is 23.3 Å². The molecule has 0 aliphatic rings. The Kier molecular flexibility index (Phi) is 11.4. The van der Waals surface area contributed by atoms with E-state index >= 15 is 0 Å². The second kappa shape index (κ2) is 13.5. The number of aliphatic imine (C=N–C) groups is 1. The topological polar surface area (TPSA) is 75.8 Å². The first-order valence-electron chi connectivity index (χ1n) is 9.38. The van der Waals surface area contributed by atoms with Crippen molar-refractivity contribution in [2.75, 3.05) is 33.8 Å². The lowest BCUT2D eigenvalue weighted by atomic mass is 10.1.